The fourth-order valence-electron chi connectivity index (χ4n) is 15.9. The second-order valence-electron chi connectivity index (χ2n) is 33.0. The van der Waals surface area contributed by atoms with Gasteiger partial charge in [-0.15, -0.1) is 0 Å². The van der Waals surface area contributed by atoms with Gasteiger partial charge in [0.2, 0.25) is 17.7 Å². The number of hydrogen-bond acceptors (Lipinski definition) is 29. The summed E-state index contributed by atoms with van der Waals surface area (Å²) < 4.78 is 0. The zero-order valence-electron chi connectivity index (χ0n) is 85.0. The SMILES string of the molecule is C.CC(=O)C1CCC(CN2C(=O)C=CC2=O)CC1.CC(=O)CCCCCCC(=O)C1CCC(CN2C(=O)C=CC2=O)CC1.CC(=O)CCCCCN1C(=O)C=CC1=O.CN.CN.CN.CNC(=O)C1CCC(CN2C(=O)C=CC2=O)CC1.CNC(=O)CCCCCCC(=O)C1CCC(CN2C(=O)C=CC2=O)CC1.CNC(=O)CCCCCN1C(=O)C=CC1=O.CSI.CSI.CSI.CSI.CSI.CSI. The largest absolute Gasteiger partial charge is 0.359 e. The molecule has 0 aromatic heterocycles. The van der Waals surface area contributed by atoms with E-state index in [0.29, 0.717) is 113 Å². The number of nitrogens with two attached hydrogens (primary N) is 3. The molecule has 10 rings (SSSR count). The highest BCUT2D eigenvalue weighted by molar-refractivity contribution is 14.2. The number of amides is 15. The minimum atomic E-state index is -0.240. The molecule has 44 heteroatoms. The molecular formula is C98H162I6N12O20S6. The van der Waals surface area contributed by atoms with Crippen LogP contribution in [-0.2, 0) is 95.9 Å². The van der Waals surface area contributed by atoms with Crippen LogP contribution in [0.4, 0.5) is 0 Å². The first-order valence-corrected chi connectivity index (χ1v) is 70.0. The number of carbonyl (C=O) groups excluding carboxylic acids is 20. The van der Waals surface area contributed by atoms with Crippen molar-refractivity contribution in [3.05, 3.63) is 72.9 Å². The summed E-state index contributed by atoms with van der Waals surface area (Å²) in [5.74, 6) is 0.853. The Bertz CT molecular complexity index is 3800. The summed E-state index contributed by atoms with van der Waals surface area (Å²) in [5.41, 5.74) is 13.5. The number of hydrogen-bond donors (Lipinski definition) is 6. The minimum absolute atomic E-state index is 0. The van der Waals surface area contributed by atoms with E-state index in [1.54, 1.807) is 95.5 Å². The number of carbonyl (C=O) groups is 20. The molecule has 812 valence electrons. The van der Waals surface area contributed by atoms with E-state index in [4.69, 9.17) is 0 Å². The Morgan fingerprint density at radius 1 is 0.268 bits per heavy atom. The summed E-state index contributed by atoms with van der Waals surface area (Å²) >= 11 is 13.2. The van der Waals surface area contributed by atoms with Crippen molar-refractivity contribution in [2.24, 2.45) is 64.5 Å². The quantitative estimate of drug-likeness (QED) is 0.0190. The lowest BCUT2D eigenvalue weighted by Gasteiger charge is -2.30. The van der Waals surface area contributed by atoms with Crippen LogP contribution in [-0.4, -0.2) is 266 Å². The molecule has 6 heterocycles. The second-order valence-corrected chi connectivity index (χ2v) is 50.7. The highest BCUT2D eigenvalue weighted by Gasteiger charge is 2.36. The third kappa shape index (κ3) is 72.0. The van der Waals surface area contributed by atoms with Gasteiger partial charge in [0.15, 0.2) is 0 Å². The van der Waals surface area contributed by atoms with Crippen molar-refractivity contribution in [1.82, 2.24) is 45.3 Å². The Hall–Kier alpha value is -3.60. The third-order valence-corrected chi connectivity index (χ3v) is 23.2. The molecule has 9 N–H and O–H groups in total. The predicted octanol–water partition coefficient (Wildman–Crippen LogP) is 18.2. The van der Waals surface area contributed by atoms with Gasteiger partial charge >= 0.3 is 0 Å². The molecule has 6 aliphatic heterocycles. The van der Waals surface area contributed by atoms with E-state index in [1.165, 1.54) is 123 Å². The molecule has 0 bridgehead atoms. The lowest BCUT2D eigenvalue weighted by atomic mass is 9.79. The fourth-order valence-corrected chi connectivity index (χ4v) is 15.9. The Morgan fingerprint density at radius 2 is 0.444 bits per heavy atom. The van der Waals surface area contributed by atoms with Crippen molar-refractivity contribution in [3.8, 4) is 0 Å². The Morgan fingerprint density at radius 3 is 0.634 bits per heavy atom. The van der Waals surface area contributed by atoms with Gasteiger partial charge in [-0.05, 0) is 384 Å². The molecule has 10 aliphatic rings. The molecule has 4 fully saturated rings. The first-order chi connectivity index (χ1) is 67.4. The molecule has 0 radical (unpaired) electrons. The van der Waals surface area contributed by atoms with Crippen LogP contribution >= 0.6 is 181 Å². The Kier molecular flexibility index (Phi) is 103. The van der Waals surface area contributed by atoms with Crippen molar-refractivity contribution in [3.63, 3.8) is 0 Å². The van der Waals surface area contributed by atoms with Gasteiger partial charge in [0, 0.05) is 196 Å². The van der Waals surface area contributed by atoms with Crippen LogP contribution in [0.25, 0.3) is 0 Å². The van der Waals surface area contributed by atoms with E-state index in [1.807, 2.05) is 37.5 Å². The second kappa shape index (κ2) is 98.1. The van der Waals surface area contributed by atoms with Crippen molar-refractivity contribution >= 4 is 298 Å². The molecule has 0 aromatic rings. The van der Waals surface area contributed by atoms with Crippen LogP contribution in [0.15, 0.2) is 72.9 Å². The average Bonchev–Trinajstić information content (AvgIpc) is 1.67. The molecule has 0 aromatic carbocycles. The first kappa shape index (κ1) is 149. The average molecular weight is 2780 g/mol. The van der Waals surface area contributed by atoms with Crippen LogP contribution < -0.4 is 33.2 Å². The van der Waals surface area contributed by atoms with Crippen molar-refractivity contribution in [2.45, 2.75) is 259 Å². The lowest BCUT2D eigenvalue weighted by Crippen LogP contribution is -2.37. The number of ketones is 5. The molecule has 0 atom stereocenters. The number of nitrogens with one attached hydrogen (secondary N) is 3. The summed E-state index contributed by atoms with van der Waals surface area (Å²) in [7, 11) is 19.7. The van der Waals surface area contributed by atoms with Crippen LogP contribution in [0.3, 0.4) is 0 Å². The molecule has 4 saturated carbocycles. The minimum Gasteiger partial charge on any atom is -0.359 e. The summed E-state index contributed by atoms with van der Waals surface area (Å²) in [5, 5.41) is 7.82. The Balaban J connectivity index is -0.000000376. The molecule has 0 unspecified atom stereocenters. The lowest BCUT2D eigenvalue weighted by molar-refractivity contribution is -0.139. The topological polar surface area (TPSA) is 475 Å². The highest BCUT2D eigenvalue weighted by Crippen LogP contribution is 2.36. The summed E-state index contributed by atoms with van der Waals surface area (Å²) in [4.78, 5) is 235. The number of imide groups is 6. The van der Waals surface area contributed by atoms with E-state index in [-0.39, 0.29) is 137 Å². The van der Waals surface area contributed by atoms with Crippen LogP contribution in [0.5, 0.6) is 0 Å². The van der Waals surface area contributed by atoms with E-state index in [2.05, 4.69) is 160 Å². The molecule has 0 spiro atoms. The first-order valence-electron chi connectivity index (χ1n) is 47.4. The highest BCUT2D eigenvalue weighted by atomic mass is 127. The van der Waals surface area contributed by atoms with E-state index < -0.39 is 0 Å². The molecule has 15 amide bonds. The van der Waals surface area contributed by atoms with Crippen LogP contribution in [0.2, 0.25) is 0 Å². The van der Waals surface area contributed by atoms with Gasteiger partial charge in [-0.3, -0.25) is 116 Å². The van der Waals surface area contributed by atoms with Gasteiger partial charge < -0.3 is 42.7 Å². The monoisotopic (exact) mass is 2780 g/mol. The number of Topliss-reactive ketones (excluding diaryl/α,β-unsaturated/α-hetero) is 5. The molecule has 0 saturated heterocycles. The summed E-state index contributed by atoms with van der Waals surface area (Å²) in [6, 6.07) is 0. The van der Waals surface area contributed by atoms with Gasteiger partial charge in [0.05, 0.1) is 0 Å². The molecule has 32 nitrogen and oxygen atoms in total. The van der Waals surface area contributed by atoms with Gasteiger partial charge in [0.25, 0.3) is 70.9 Å². The fraction of sp³-hybridized carbons (Fsp3) is 0.673. The Labute approximate surface area is 944 Å². The smallest absolute Gasteiger partial charge is 0.253 e. The zero-order chi connectivity index (χ0) is 108. The third-order valence-electron chi connectivity index (χ3n) is 23.2. The zero-order valence-corrected chi connectivity index (χ0v) is 103. The number of nitrogens with zero attached hydrogens (tertiary/aromatic N) is 6. The normalized spacial score (nSPS) is 19.4. The number of unbranched alkanes of at least 4 members (excludes halogenated alkanes) is 10. The van der Waals surface area contributed by atoms with Gasteiger partial charge in [-0.1, -0.05) is 99.6 Å². The van der Waals surface area contributed by atoms with E-state index in [9.17, 15) is 95.9 Å². The maximum Gasteiger partial charge on any atom is 0.253 e. The standard InChI is InChI=1S/C20H30N2O4.C20H29NO4.C13H18N2O3.C13H17NO3.C11H16N2O3.C11H15NO3.6CH3IS.3CH5N.CH4/c1-21-18(24)7-5-3-2-4-6-17(23)16-10-8-15(9-11-16)14-22-19(25)12-13-20(22)26;1-15(22)6-4-2-3-5-7-18(23)17-10-8-16(9-11-17)14-21-19(24)12-13-20(21)25;1-14-13(18)10-4-2-9(3-5-10)8-15-11(16)6-7-12(15)17;1-9(15)11-4-2-10(3-5-11)8-14-12(16)6-7-13(14)17;1-12-9(14)5-3-2-4-8-13-10(15)6-7-11(13)16;1-9(13)5-3-2-4-8-12-10(14)6-7-11(12)15;6*1-3-2;3*1-2;/h12-13,15-16H,2-11,14H2,1H3,(H,21,24);12-13,16-17H,2-11,14H2,1H3;6-7,9-10H,2-5,8H2,1H3,(H,14,18);6-7,10-11H,2-5,8H2,1H3;6-7H,2-5,8H2,1H3,(H,12,14);6-7H,2-5,8H2,1H3;6*1H3;3*2H2,1H3;1H4. The van der Waals surface area contributed by atoms with E-state index >= 15 is 0 Å². The van der Waals surface area contributed by atoms with Crippen LogP contribution in [0, 0.1) is 47.3 Å². The predicted molar refractivity (Wildman–Crippen MR) is 636 cm³/mol. The van der Waals surface area contributed by atoms with Gasteiger partial charge in [-0.25, -0.2) is 0 Å². The summed E-state index contributed by atoms with van der Waals surface area (Å²) in [6.07, 6.45) is 58.2. The van der Waals surface area contributed by atoms with Crippen LogP contribution in [0.1, 0.15) is 259 Å². The van der Waals surface area contributed by atoms with Crippen molar-refractivity contribution < 1.29 is 95.9 Å². The van der Waals surface area contributed by atoms with Crippen molar-refractivity contribution in [2.75, 3.05) is 119 Å². The van der Waals surface area contributed by atoms with E-state index in [0.717, 1.165) is 193 Å². The summed E-state index contributed by atoms with van der Waals surface area (Å²) in [6.45, 7) is 7.70. The van der Waals surface area contributed by atoms with Gasteiger partial charge in [0.1, 0.15) is 28.9 Å². The maximum absolute atomic E-state index is 12.3. The molecule has 142 heavy (non-hydrogen) atoms. The molecular weight excluding hydrogens is 2620 g/mol. The van der Waals surface area contributed by atoms with Crippen molar-refractivity contribution in [1.29, 1.82) is 0 Å². The number of halogens is 6. The number of rotatable bonds is 38. The maximum atomic E-state index is 12.3. The molecule has 4 aliphatic carbocycles. The van der Waals surface area contributed by atoms with Gasteiger partial charge in [-0.2, -0.15) is 0 Å².